The average molecular weight is 448 g/mol. The Kier molecular flexibility index (Phi) is 6.30. The molecule has 0 N–H and O–H groups in total. The molecule has 0 spiro atoms. The van der Waals surface area contributed by atoms with Gasteiger partial charge in [0.25, 0.3) is 5.56 Å². The molecule has 5 rings (SSSR count). The molecule has 166 valence electrons. The van der Waals surface area contributed by atoms with Gasteiger partial charge in [0.1, 0.15) is 0 Å². The molecule has 2 aromatic carbocycles. The first-order valence-corrected chi connectivity index (χ1v) is 12.6. The molecule has 2 fully saturated rings. The number of thioether (sulfide) groups is 1. The maximum absolute atomic E-state index is 13.3. The van der Waals surface area contributed by atoms with E-state index in [2.05, 4.69) is 4.90 Å². The van der Waals surface area contributed by atoms with E-state index in [0.717, 1.165) is 24.9 Å². The van der Waals surface area contributed by atoms with E-state index in [1.165, 1.54) is 37.4 Å². The number of hydrogen-bond donors (Lipinski definition) is 0. The van der Waals surface area contributed by atoms with Crippen molar-refractivity contribution in [3.05, 3.63) is 70.5 Å². The van der Waals surface area contributed by atoms with Crippen LogP contribution in [0.4, 0.5) is 0 Å². The summed E-state index contributed by atoms with van der Waals surface area (Å²) in [7, 11) is 0. The lowest BCUT2D eigenvalue weighted by atomic mass is 9.78. The van der Waals surface area contributed by atoms with Crippen LogP contribution in [0.3, 0.4) is 0 Å². The molecule has 5 nitrogen and oxygen atoms in total. The fourth-order valence-electron chi connectivity index (χ4n) is 5.31. The summed E-state index contributed by atoms with van der Waals surface area (Å²) in [6.07, 6.45) is 7.26. The average Bonchev–Trinajstić information content (AvgIpc) is 2.85. The zero-order valence-electron chi connectivity index (χ0n) is 18.3. The predicted molar refractivity (Wildman–Crippen MR) is 129 cm³/mol. The Balaban J connectivity index is 1.41. The van der Waals surface area contributed by atoms with Crippen molar-refractivity contribution in [1.29, 1.82) is 0 Å². The van der Waals surface area contributed by atoms with Gasteiger partial charge in [-0.05, 0) is 49.3 Å². The van der Waals surface area contributed by atoms with Gasteiger partial charge >= 0.3 is 0 Å². The first kappa shape index (κ1) is 21.3. The Hall–Kier alpha value is -2.60. The second-order valence-corrected chi connectivity index (χ2v) is 9.86. The lowest BCUT2D eigenvalue weighted by Gasteiger charge is -2.44. The van der Waals surface area contributed by atoms with E-state index < -0.39 is 0 Å². The molecule has 1 aliphatic carbocycles. The zero-order valence-corrected chi connectivity index (χ0v) is 19.1. The van der Waals surface area contributed by atoms with Crippen molar-refractivity contribution >= 4 is 28.6 Å². The second kappa shape index (κ2) is 9.49. The molecule has 1 aromatic heterocycles. The van der Waals surface area contributed by atoms with E-state index in [-0.39, 0.29) is 11.5 Å². The number of carbonyl (C=O) groups is 1. The smallest absolute Gasteiger partial charge is 0.262 e. The number of fused-ring (bicyclic) bond motifs is 2. The number of likely N-dealkylation sites (tertiary alicyclic amines) is 1. The first-order valence-electron chi connectivity index (χ1n) is 11.7. The van der Waals surface area contributed by atoms with Crippen LogP contribution in [-0.2, 0) is 11.3 Å². The van der Waals surface area contributed by atoms with E-state index in [0.29, 0.717) is 40.3 Å². The lowest BCUT2D eigenvalue weighted by Crippen LogP contribution is -2.50. The van der Waals surface area contributed by atoms with Gasteiger partial charge in [-0.1, -0.05) is 67.1 Å². The highest BCUT2D eigenvalue weighted by Gasteiger charge is 2.35. The molecular formula is C26H29N3O2S. The first-order chi connectivity index (χ1) is 15.7. The van der Waals surface area contributed by atoms with Gasteiger partial charge in [-0.15, -0.1) is 0 Å². The number of aromatic nitrogens is 2. The quantitative estimate of drug-likeness (QED) is 0.420. The van der Waals surface area contributed by atoms with Crippen LogP contribution in [0.1, 0.15) is 44.1 Å². The van der Waals surface area contributed by atoms with Crippen LogP contribution in [0.25, 0.3) is 10.9 Å². The van der Waals surface area contributed by atoms with Crippen LogP contribution >= 0.6 is 11.8 Å². The number of amides is 1. The fraction of sp³-hybridized carbons (Fsp3) is 0.423. The molecule has 6 heteroatoms. The van der Waals surface area contributed by atoms with Crippen molar-refractivity contribution in [2.75, 3.05) is 12.3 Å². The molecule has 2 aliphatic rings. The Bertz CT molecular complexity index is 1160. The molecule has 0 radical (unpaired) electrons. The highest BCUT2D eigenvalue weighted by Crippen LogP contribution is 2.35. The number of nitrogens with zero attached hydrogens (tertiary/aromatic N) is 3. The molecule has 1 saturated heterocycles. The number of rotatable bonds is 5. The third kappa shape index (κ3) is 4.33. The second-order valence-electron chi connectivity index (χ2n) is 8.92. The molecule has 2 heterocycles. The molecule has 32 heavy (non-hydrogen) atoms. The third-order valence-electron chi connectivity index (χ3n) is 6.90. The zero-order chi connectivity index (χ0) is 21.9. The minimum absolute atomic E-state index is 0.0558. The van der Waals surface area contributed by atoms with E-state index >= 15 is 0 Å². The van der Waals surface area contributed by atoms with Crippen LogP contribution in [0.2, 0.25) is 0 Å². The summed E-state index contributed by atoms with van der Waals surface area (Å²) in [5.74, 6) is 1.17. The highest BCUT2D eigenvalue weighted by molar-refractivity contribution is 7.99. The Labute approximate surface area is 192 Å². The van der Waals surface area contributed by atoms with Gasteiger partial charge < -0.3 is 4.90 Å². The summed E-state index contributed by atoms with van der Waals surface area (Å²) in [5, 5.41) is 1.23. The minimum Gasteiger partial charge on any atom is -0.339 e. The molecular weight excluding hydrogens is 418 g/mol. The van der Waals surface area contributed by atoms with Crippen molar-refractivity contribution in [3.63, 3.8) is 0 Å². The normalized spacial score (nSPS) is 20.8. The third-order valence-corrected chi connectivity index (χ3v) is 7.86. The van der Waals surface area contributed by atoms with Crippen molar-refractivity contribution in [3.8, 4) is 0 Å². The molecule has 2 unspecified atom stereocenters. The summed E-state index contributed by atoms with van der Waals surface area (Å²) in [4.78, 5) is 33.4. The monoisotopic (exact) mass is 447 g/mol. The van der Waals surface area contributed by atoms with E-state index in [9.17, 15) is 9.59 Å². The van der Waals surface area contributed by atoms with Crippen molar-refractivity contribution < 1.29 is 4.79 Å². The largest absolute Gasteiger partial charge is 0.339 e. The maximum Gasteiger partial charge on any atom is 0.262 e. The van der Waals surface area contributed by atoms with Gasteiger partial charge in [-0.2, -0.15) is 0 Å². The highest BCUT2D eigenvalue weighted by atomic mass is 32.2. The maximum atomic E-state index is 13.3. The molecule has 3 aromatic rings. The summed E-state index contributed by atoms with van der Waals surface area (Å²) >= 11 is 1.40. The molecule has 0 bridgehead atoms. The van der Waals surface area contributed by atoms with E-state index in [1.807, 2.05) is 54.6 Å². The van der Waals surface area contributed by atoms with Crippen molar-refractivity contribution in [2.45, 2.75) is 56.3 Å². The Morgan fingerprint density at radius 1 is 0.969 bits per heavy atom. The molecule has 2 atom stereocenters. The van der Waals surface area contributed by atoms with E-state index in [1.54, 1.807) is 4.57 Å². The summed E-state index contributed by atoms with van der Waals surface area (Å²) < 4.78 is 1.72. The SMILES string of the molecule is O=C(CSc1nc2ccccc2c(=O)n1Cc1ccccc1)N1CCCC2CCCCC21. The number of hydrogen-bond acceptors (Lipinski definition) is 4. The van der Waals surface area contributed by atoms with Crippen LogP contribution in [0, 0.1) is 5.92 Å². The van der Waals surface area contributed by atoms with Gasteiger partial charge in [-0.25, -0.2) is 4.98 Å². The van der Waals surface area contributed by atoms with Crippen LogP contribution < -0.4 is 5.56 Å². The van der Waals surface area contributed by atoms with Crippen LogP contribution in [0.5, 0.6) is 0 Å². The Morgan fingerprint density at radius 3 is 2.59 bits per heavy atom. The van der Waals surface area contributed by atoms with Crippen LogP contribution in [0.15, 0.2) is 64.5 Å². The van der Waals surface area contributed by atoms with Gasteiger partial charge in [0.05, 0.1) is 23.2 Å². The molecule has 1 aliphatic heterocycles. The van der Waals surface area contributed by atoms with Crippen molar-refractivity contribution in [1.82, 2.24) is 14.5 Å². The van der Waals surface area contributed by atoms with Crippen LogP contribution in [-0.4, -0.2) is 38.7 Å². The summed E-state index contributed by atoms with van der Waals surface area (Å²) in [5.41, 5.74) is 1.67. The number of piperidine rings is 1. The van der Waals surface area contributed by atoms with Gasteiger partial charge in [0, 0.05) is 12.6 Å². The van der Waals surface area contributed by atoms with Gasteiger partial charge in [0.15, 0.2) is 5.16 Å². The molecule has 1 amide bonds. The molecule has 1 saturated carbocycles. The number of para-hydroxylation sites is 1. The summed E-state index contributed by atoms with van der Waals surface area (Å²) in [6, 6.07) is 17.8. The van der Waals surface area contributed by atoms with Gasteiger partial charge in [-0.3, -0.25) is 14.2 Å². The van der Waals surface area contributed by atoms with Crippen molar-refractivity contribution in [2.24, 2.45) is 5.92 Å². The minimum atomic E-state index is -0.0558. The number of benzene rings is 2. The Morgan fingerprint density at radius 2 is 1.72 bits per heavy atom. The predicted octanol–water partition coefficient (Wildman–Crippen LogP) is 4.72. The van der Waals surface area contributed by atoms with E-state index in [4.69, 9.17) is 4.98 Å². The lowest BCUT2D eigenvalue weighted by molar-refractivity contribution is -0.134. The fourth-order valence-corrected chi connectivity index (χ4v) is 6.19. The van der Waals surface area contributed by atoms with Gasteiger partial charge in [0.2, 0.25) is 5.91 Å². The number of carbonyl (C=O) groups excluding carboxylic acids is 1. The topological polar surface area (TPSA) is 55.2 Å². The summed E-state index contributed by atoms with van der Waals surface area (Å²) in [6.45, 7) is 1.31. The standard InChI is InChI=1S/C26H29N3O2S/c30-24(28-16-8-12-20-11-4-7-15-23(20)28)18-32-26-27-22-14-6-5-13-21(22)25(31)29(26)17-19-9-2-1-3-10-19/h1-3,5-6,9-10,13-14,20,23H,4,7-8,11-12,15-18H2.